The Morgan fingerprint density at radius 2 is 1.96 bits per heavy atom. The number of ether oxygens (including phenoxy) is 1. The van der Waals surface area contributed by atoms with Gasteiger partial charge in [0.1, 0.15) is 24.1 Å². The number of hydrogen-bond donors (Lipinski definition) is 3. The smallest absolute Gasteiger partial charge is 0.351 e. The Balaban J connectivity index is 1.94. The molecule has 4 N–H and O–H groups in total. The largest absolute Gasteiger partial charge is 0.387 e. The number of nitrogens with zero attached hydrogens (tertiary/aromatic N) is 2. The number of anilines is 1. The minimum atomic E-state index is -1.28. The maximum atomic E-state index is 12.1. The Labute approximate surface area is 143 Å². The van der Waals surface area contributed by atoms with E-state index in [9.17, 15) is 15.0 Å². The van der Waals surface area contributed by atoms with Crippen LogP contribution in [0.4, 0.5) is 5.82 Å². The van der Waals surface area contributed by atoms with Crippen LogP contribution in [0.2, 0.25) is 0 Å². The van der Waals surface area contributed by atoms with Gasteiger partial charge in [-0.2, -0.15) is 4.98 Å². The van der Waals surface area contributed by atoms with Crippen molar-refractivity contribution < 1.29 is 14.9 Å². The van der Waals surface area contributed by atoms with Crippen LogP contribution in [0, 0.1) is 0 Å². The SMILES string of the molecule is Nc1nc(=O)n([C@@H]2O[C@H](CCl)[C@@H](O)[C@H]2O)cc1Cc1ccccc1. The Hall–Kier alpha value is -1.93. The Morgan fingerprint density at radius 1 is 1.25 bits per heavy atom. The molecule has 7 nitrogen and oxygen atoms in total. The van der Waals surface area contributed by atoms with Gasteiger partial charge in [-0.1, -0.05) is 30.3 Å². The van der Waals surface area contributed by atoms with Crippen LogP contribution in [0.15, 0.2) is 41.3 Å². The summed E-state index contributed by atoms with van der Waals surface area (Å²) in [6, 6.07) is 9.58. The highest BCUT2D eigenvalue weighted by Gasteiger charge is 2.43. The number of alkyl halides is 1. The van der Waals surface area contributed by atoms with E-state index in [1.54, 1.807) is 0 Å². The van der Waals surface area contributed by atoms with Crippen LogP contribution in [0.25, 0.3) is 0 Å². The quantitative estimate of drug-likeness (QED) is 0.682. The van der Waals surface area contributed by atoms with E-state index in [1.807, 2.05) is 30.3 Å². The number of aliphatic hydroxyl groups excluding tert-OH is 2. The maximum absolute atomic E-state index is 12.1. The van der Waals surface area contributed by atoms with Gasteiger partial charge in [0.05, 0.1) is 5.88 Å². The lowest BCUT2D eigenvalue weighted by Gasteiger charge is -2.18. The van der Waals surface area contributed by atoms with Crippen LogP contribution >= 0.6 is 11.6 Å². The molecule has 1 aromatic heterocycles. The number of aromatic nitrogens is 2. The van der Waals surface area contributed by atoms with Crippen molar-refractivity contribution in [3.63, 3.8) is 0 Å². The van der Waals surface area contributed by atoms with Gasteiger partial charge >= 0.3 is 5.69 Å². The zero-order valence-electron chi connectivity index (χ0n) is 12.7. The highest BCUT2D eigenvalue weighted by molar-refractivity contribution is 6.18. The van der Waals surface area contributed by atoms with Gasteiger partial charge in [-0.05, 0) is 5.56 Å². The summed E-state index contributed by atoms with van der Waals surface area (Å²) in [6.07, 6.45) is -2.28. The number of aliphatic hydroxyl groups is 2. The summed E-state index contributed by atoms with van der Waals surface area (Å²) in [5, 5.41) is 20.1. The number of nitrogen functional groups attached to an aromatic ring is 1. The molecule has 0 radical (unpaired) electrons. The van der Waals surface area contributed by atoms with Crippen LogP contribution < -0.4 is 11.4 Å². The van der Waals surface area contributed by atoms with E-state index in [0.717, 1.165) is 10.1 Å². The normalized spacial score (nSPS) is 26.6. The molecular formula is C16H18ClN3O4. The Bertz CT molecular complexity index is 768. The van der Waals surface area contributed by atoms with E-state index in [2.05, 4.69) is 4.98 Å². The molecule has 3 rings (SSSR count). The summed E-state index contributed by atoms with van der Waals surface area (Å²) < 4.78 is 6.65. The first-order chi connectivity index (χ1) is 11.5. The fourth-order valence-corrected chi connectivity index (χ4v) is 3.00. The zero-order valence-corrected chi connectivity index (χ0v) is 13.5. The van der Waals surface area contributed by atoms with Gasteiger partial charge in [0.25, 0.3) is 0 Å². The van der Waals surface area contributed by atoms with Crippen molar-refractivity contribution in [1.82, 2.24) is 9.55 Å². The summed E-state index contributed by atoms with van der Waals surface area (Å²) in [5.41, 5.74) is 6.83. The predicted octanol–water partition coefficient (Wildman–Crippen LogP) is 0.274. The third-order valence-electron chi connectivity index (χ3n) is 4.06. The minimum absolute atomic E-state index is 0.00273. The first kappa shape index (κ1) is 16.9. The van der Waals surface area contributed by atoms with Gasteiger partial charge in [-0.15, -0.1) is 11.6 Å². The molecule has 2 heterocycles. The van der Waals surface area contributed by atoms with Gasteiger partial charge in [0, 0.05) is 18.2 Å². The molecule has 0 unspecified atom stereocenters. The second-order valence-electron chi connectivity index (χ2n) is 5.70. The van der Waals surface area contributed by atoms with Crippen molar-refractivity contribution in [2.45, 2.75) is 31.0 Å². The van der Waals surface area contributed by atoms with E-state index in [0.29, 0.717) is 12.0 Å². The third-order valence-corrected chi connectivity index (χ3v) is 4.37. The first-order valence-electron chi connectivity index (χ1n) is 7.50. The predicted molar refractivity (Wildman–Crippen MR) is 88.8 cm³/mol. The average molecular weight is 352 g/mol. The number of halogens is 1. The van der Waals surface area contributed by atoms with E-state index in [-0.39, 0.29) is 11.7 Å². The van der Waals surface area contributed by atoms with Crippen molar-refractivity contribution in [2.24, 2.45) is 0 Å². The number of nitrogens with two attached hydrogens (primary N) is 1. The molecular weight excluding hydrogens is 334 g/mol. The fourth-order valence-electron chi connectivity index (χ4n) is 2.74. The Kier molecular flexibility index (Phi) is 4.86. The lowest BCUT2D eigenvalue weighted by Crippen LogP contribution is -2.36. The first-order valence-corrected chi connectivity index (χ1v) is 8.03. The van der Waals surface area contributed by atoms with Crippen molar-refractivity contribution in [2.75, 3.05) is 11.6 Å². The second-order valence-corrected chi connectivity index (χ2v) is 6.01. The van der Waals surface area contributed by atoms with E-state index in [1.165, 1.54) is 6.20 Å². The van der Waals surface area contributed by atoms with Crippen LogP contribution in [0.1, 0.15) is 17.4 Å². The molecule has 1 aliphatic rings. The lowest BCUT2D eigenvalue weighted by atomic mass is 10.1. The summed E-state index contributed by atoms with van der Waals surface area (Å²) in [5.74, 6) is 0.130. The van der Waals surface area contributed by atoms with Gasteiger partial charge < -0.3 is 20.7 Å². The molecule has 0 amide bonds. The Morgan fingerprint density at radius 3 is 2.58 bits per heavy atom. The van der Waals surface area contributed by atoms with Gasteiger partial charge in [-0.25, -0.2) is 4.79 Å². The van der Waals surface area contributed by atoms with Crippen molar-refractivity contribution >= 4 is 17.4 Å². The molecule has 1 fully saturated rings. The van der Waals surface area contributed by atoms with Crippen LogP contribution in [-0.4, -0.2) is 44.0 Å². The zero-order chi connectivity index (χ0) is 17.3. The second kappa shape index (κ2) is 6.90. The minimum Gasteiger partial charge on any atom is -0.387 e. The summed E-state index contributed by atoms with van der Waals surface area (Å²) >= 11 is 5.71. The number of hydrogen-bond acceptors (Lipinski definition) is 6. The number of rotatable bonds is 4. The molecule has 1 aliphatic heterocycles. The molecule has 1 saturated heterocycles. The van der Waals surface area contributed by atoms with Crippen LogP contribution in [0.5, 0.6) is 0 Å². The molecule has 8 heteroatoms. The fraction of sp³-hybridized carbons (Fsp3) is 0.375. The third kappa shape index (κ3) is 3.16. The van der Waals surface area contributed by atoms with Gasteiger partial charge in [0.2, 0.25) is 0 Å². The van der Waals surface area contributed by atoms with E-state index < -0.39 is 30.2 Å². The van der Waals surface area contributed by atoms with E-state index >= 15 is 0 Å². The standard InChI is InChI=1S/C16H18ClN3O4/c17-7-11-12(21)13(22)15(24-11)20-8-10(14(18)19-16(20)23)6-9-4-2-1-3-5-9/h1-5,8,11-13,15,21-22H,6-7H2,(H2,18,19,23)/t11-,12-,13-,15-/m1/s1. The van der Waals surface area contributed by atoms with E-state index in [4.69, 9.17) is 22.1 Å². The van der Waals surface area contributed by atoms with Crippen LogP contribution in [0.3, 0.4) is 0 Å². The average Bonchev–Trinajstić information content (AvgIpc) is 2.86. The molecule has 0 spiro atoms. The molecule has 0 bridgehead atoms. The van der Waals surface area contributed by atoms with Crippen molar-refractivity contribution in [3.8, 4) is 0 Å². The number of benzene rings is 1. The molecule has 2 aromatic rings. The molecule has 0 aliphatic carbocycles. The van der Waals surface area contributed by atoms with Gasteiger partial charge in [0.15, 0.2) is 6.23 Å². The topological polar surface area (TPSA) is 111 Å². The molecule has 24 heavy (non-hydrogen) atoms. The summed E-state index contributed by atoms with van der Waals surface area (Å²) in [6.45, 7) is 0. The maximum Gasteiger partial charge on any atom is 0.351 e. The highest BCUT2D eigenvalue weighted by atomic mass is 35.5. The molecule has 0 saturated carbocycles. The van der Waals surface area contributed by atoms with Gasteiger partial charge in [-0.3, -0.25) is 4.57 Å². The summed E-state index contributed by atoms with van der Waals surface area (Å²) in [7, 11) is 0. The van der Waals surface area contributed by atoms with Crippen LogP contribution in [-0.2, 0) is 11.2 Å². The molecule has 1 aromatic carbocycles. The lowest BCUT2D eigenvalue weighted by molar-refractivity contribution is -0.0343. The highest BCUT2D eigenvalue weighted by Crippen LogP contribution is 2.29. The van der Waals surface area contributed by atoms with Crippen molar-refractivity contribution in [1.29, 1.82) is 0 Å². The summed E-state index contributed by atoms with van der Waals surface area (Å²) in [4.78, 5) is 15.9. The monoisotopic (exact) mass is 351 g/mol. The van der Waals surface area contributed by atoms with Crippen molar-refractivity contribution in [3.05, 3.63) is 58.1 Å². The molecule has 128 valence electrons. The molecule has 4 atom stereocenters.